The van der Waals surface area contributed by atoms with Gasteiger partial charge in [0.2, 0.25) is 0 Å². The van der Waals surface area contributed by atoms with Crippen LogP contribution in [0.25, 0.3) is 11.7 Å². The molecule has 0 unspecified atom stereocenters. The van der Waals surface area contributed by atoms with Gasteiger partial charge in [0, 0.05) is 0 Å². The van der Waals surface area contributed by atoms with Gasteiger partial charge in [-0.1, -0.05) is 11.2 Å². The van der Waals surface area contributed by atoms with Crippen molar-refractivity contribution in [2.75, 3.05) is 5.32 Å². The normalized spacial score (nSPS) is 10.7. The van der Waals surface area contributed by atoms with Crippen LogP contribution in [-0.4, -0.2) is 16.1 Å². The first-order valence-electron chi connectivity index (χ1n) is 5.89. The zero-order valence-electron chi connectivity index (χ0n) is 10.6. The molecule has 3 aromatic rings. The highest BCUT2D eigenvalue weighted by Crippen LogP contribution is 2.25. The van der Waals surface area contributed by atoms with E-state index in [4.69, 9.17) is 8.83 Å². The molecule has 0 radical (unpaired) electrons. The number of nitrogens with zero attached hydrogens (tertiary/aromatic N) is 2. The first-order chi connectivity index (χ1) is 10.5. The van der Waals surface area contributed by atoms with Crippen molar-refractivity contribution in [2.24, 2.45) is 0 Å². The number of nitrogens with one attached hydrogen (secondary N) is 1. The molecule has 0 bridgehead atoms. The fourth-order valence-corrected chi connectivity index (χ4v) is 1.98. The molecule has 1 aromatic carbocycles. The summed E-state index contributed by atoms with van der Waals surface area (Å²) in [6.45, 7) is 0. The molecule has 6 nitrogen and oxygen atoms in total. The van der Waals surface area contributed by atoms with Gasteiger partial charge in [-0.15, -0.1) is 5.10 Å². The number of furan rings is 1. The van der Waals surface area contributed by atoms with Crippen LogP contribution in [0.2, 0.25) is 0 Å². The predicted octanol–water partition coefficient (Wildman–Crippen LogP) is 3.62. The van der Waals surface area contributed by atoms with Crippen molar-refractivity contribution in [1.82, 2.24) is 10.2 Å². The number of benzene rings is 1. The van der Waals surface area contributed by atoms with Gasteiger partial charge >= 0.3 is 6.01 Å². The summed E-state index contributed by atoms with van der Waals surface area (Å²) in [6, 6.07) is 5.97. The van der Waals surface area contributed by atoms with E-state index < -0.39 is 23.1 Å². The van der Waals surface area contributed by atoms with Gasteiger partial charge in [-0.3, -0.25) is 10.1 Å². The maximum Gasteiger partial charge on any atom is 0.322 e. The van der Waals surface area contributed by atoms with E-state index in [0.29, 0.717) is 4.67 Å². The fraction of sp³-hybridized carbons (Fsp3) is 0. The Morgan fingerprint density at radius 2 is 1.82 bits per heavy atom. The second kappa shape index (κ2) is 5.68. The van der Waals surface area contributed by atoms with Crippen molar-refractivity contribution >= 4 is 27.9 Å². The average molecular weight is 370 g/mol. The zero-order chi connectivity index (χ0) is 15.7. The minimum Gasteiger partial charge on any atom is -0.444 e. The molecule has 0 saturated heterocycles. The van der Waals surface area contributed by atoms with Gasteiger partial charge < -0.3 is 8.83 Å². The lowest BCUT2D eigenvalue weighted by atomic mass is 10.2. The van der Waals surface area contributed by atoms with Crippen LogP contribution in [0.5, 0.6) is 0 Å². The molecule has 112 valence electrons. The molecule has 0 aliphatic heterocycles. The van der Waals surface area contributed by atoms with Crippen molar-refractivity contribution in [1.29, 1.82) is 0 Å². The highest BCUT2D eigenvalue weighted by Gasteiger charge is 2.20. The third-order valence-corrected chi connectivity index (χ3v) is 3.05. The Morgan fingerprint density at radius 3 is 2.45 bits per heavy atom. The van der Waals surface area contributed by atoms with Gasteiger partial charge in [0.1, 0.15) is 17.2 Å². The van der Waals surface area contributed by atoms with Gasteiger partial charge in [0.15, 0.2) is 10.4 Å². The van der Waals surface area contributed by atoms with Crippen LogP contribution in [0, 0.1) is 11.6 Å². The van der Waals surface area contributed by atoms with Crippen LogP contribution in [0.3, 0.4) is 0 Å². The third-order valence-electron chi connectivity index (χ3n) is 2.62. The number of carbonyl (C=O) groups is 1. The van der Waals surface area contributed by atoms with Crippen LogP contribution in [0.4, 0.5) is 14.8 Å². The number of hydrogen-bond donors (Lipinski definition) is 1. The summed E-state index contributed by atoms with van der Waals surface area (Å²) in [5, 5.41) is 9.34. The molecular formula is C13H6BrF2N3O3. The minimum atomic E-state index is -1.04. The zero-order valence-corrected chi connectivity index (χ0v) is 12.2. The standard InChI is InChI=1S/C13H6BrF2N3O3/c14-9-5-4-8(21-9)12-18-19-13(22-12)17-11(20)10-6(15)2-1-3-7(10)16/h1-5H,(H,17,19,20). The van der Waals surface area contributed by atoms with Crippen LogP contribution < -0.4 is 5.32 Å². The van der Waals surface area contributed by atoms with E-state index in [0.717, 1.165) is 18.2 Å². The van der Waals surface area contributed by atoms with Crippen molar-refractivity contribution in [3.8, 4) is 11.7 Å². The van der Waals surface area contributed by atoms with Gasteiger partial charge in [-0.25, -0.2) is 8.78 Å². The van der Waals surface area contributed by atoms with E-state index in [-0.39, 0.29) is 17.7 Å². The number of anilines is 1. The predicted molar refractivity (Wildman–Crippen MR) is 74.0 cm³/mol. The van der Waals surface area contributed by atoms with Crippen LogP contribution in [0.1, 0.15) is 10.4 Å². The number of halogens is 3. The maximum atomic E-state index is 13.5. The van der Waals surface area contributed by atoms with Crippen LogP contribution >= 0.6 is 15.9 Å². The molecule has 0 aliphatic rings. The molecule has 0 spiro atoms. The summed E-state index contributed by atoms with van der Waals surface area (Å²) in [6.07, 6.45) is 0. The molecule has 0 fully saturated rings. The number of aromatic nitrogens is 2. The van der Waals surface area contributed by atoms with Crippen molar-refractivity contribution in [2.45, 2.75) is 0 Å². The molecule has 0 saturated carbocycles. The van der Waals surface area contributed by atoms with E-state index in [1.165, 1.54) is 0 Å². The molecular weight excluding hydrogens is 364 g/mol. The van der Waals surface area contributed by atoms with Crippen molar-refractivity contribution in [3.63, 3.8) is 0 Å². The lowest BCUT2D eigenvalue weighted by Crippen LogP contribution is -2.16. The Morgan fingerprint density at radius 1 is 1.09 bits per heavy atom. The summed E-state index contributed by atoms with van der Waals surface area (Å²) >= 11 is 3.11. The van der Waals surface area contributed by atoms with Gasteiger partial charge in [-0.05, 0) is 40.2 Å². The Bertz CT molecular complexity index is 826. The van der Waals surface area contributed by atoms with Crippen molar-refractivity contribution in [3.05, 3.63) is 52.2 Å². The Hall–Kier alpha value is -2.55. The summed E-state index contributed by atoms with van der Waals surface area (Å²) in [5.74, 6) is -2.74. The lowest BCUT2D eigenvalue weighted by molar-refractivity contribution is 0.101. The summed E-state index contributed by atoms with van der Waals surface area (Å²) in [5.41, 5.74) is -0.733. The Kier molecular flexibility index (Phi) is 3.72. The highest BCUT2D eigenvalue weighted by atomic mass is 79.9. The molecule has 2 aromatic heterocycles. The fourth-order valence-electron chi connectivity index (χ4n) is 1.68. The molecule has 22 heavy (non-hydrogen) atoms. The summed E-state index contributed by atoms with van der Waals surface area (Å²) < 4.78 is 37.8. The molecule has 1 amide bonds. The number of rotatable bonds is 3. The van der Waals surface area contributed by atoms with E-state index in [1.54, 1.807) is 12.1 Å². The largest absolute Gasteiger partial charge is 0.444 e. The lowest BCUT2D eigenvalue weighted by Gasteiger charge is -2.03. The summed E-state index contributed by atoms with van der Waals surface area (Å²) in [7, 11) is 0. The monoisotopic (exact) mass is 369 g/mol. The topological polar surface area (TPSA) is 81.2 Å². The van der Waals surface area contributed by atoms with Crippen LogP contribution in [0.15, 0.2) is 43.8 Å². The third kappa shape index (κ3) is 2.75. The molecule has 1 N–H and O–H groups in total. The van der Waals surface area contributed by atoms with Gasteiger partial charge in [0.05, 0.1) is 0 Å². The van der Waals surface area contributed by atoms with Crippen LogP contribution in [-0.2, 0) is 0 Å². The van der Waals surface area contributed by atoms with E-state index in [1.807, 2.05) is 0 Å². The second-order valence-electron chi connectivity index (χ2n) is 4.07. The minimum absolute atomic E-state index is 0.00926. The van der Waals surface area contributed by atoms with E-state index >= 15 is 0 Å². The number of hydrogen-bond acceptors (Lipinski definition) is 5. The molecule has 0 atom stereocenters. The quantitative estimate of drug-likeness (QED) is 0.762. The van der Waals surface area contributed by atoms with E-state index in [9.17, 15) is 13.6 Å². The van der Waals surface area contributed by atoms with Crippen molar-refractivity contribution < 1.29 is 22.4 Å². The highest BCUT2D eigenvalue weighted by molar-refractivity contribution is 9.10. The Labute approximate surface area is 130 Å². The van der Waals surface area contributed by atoms with Gasteiger partial charge in [-0.2, -0.15) is 0 Å². The molecule has 3 rings (SSSR count). The molecule has 9 heteroatoms. The second-order valence-corrected chi connectivity index (χ2v) is 4.85. The SMILES string of the molecule is O=C(Nc1nnc(-c2ccc(Br)o2)o1)c1c(F)cccc1F. The smallest absolute Gasteiger partial charge is 0.322 e. The average Bonchev–Trinajstić information content (AvgIpc) is 3.07. The summed E-state index contributed by atoms with van der Waals surface area (Å²) in [4.78, 5) is 11.9. The molecule has 2 heterocycles. The Balaban J connectivity index is 1.82. The number of amides is 1. The number of carbonyl (C=O) groups excluding carboxylic acids is 1. The van der Waals surface area contributed by atoms with E-state index in [2.05, 4.69) is 31.4 Å². The first-order valence-corrected chi connectivity index (χ1v) is 6.68. The molecule has 0 aliphatic carbocycles. The van der Waals surface area contributed by atoms with Gasteiger partial charge in [0.25, 0.3) is 11.8 Å². The maximum absolute atomic E-state index is 13.5. The first kappa shape index (κ1) is 14.4.